The fourth-order valence-corrected chi connectivity index (χ4v) is 8.36. The Labute approximate surface area is 334 Å². The SMILES string of the molecule is O=S(=O)(O)c1cc2cccc(S(=O)(=O)O)c2c(O)c1N=Nc1ccc(-c2ccc(N=Nc3c(O)cc4cc(Nc5ccccc5)ccc4c3S(=O)(=O)O)c(O)c2)cc1O. The Morgan fingerprint density at radius 1 is 0.458 bits per heavy atom. The molecule has 0 fully saturated rings. The number of anilines is 2. The van der Waals surface area contributed by atoms with E-state index in [0.29, 0.717) is 11.3 Å². The van der Waals surface area contributed by atoms with E-state index in [-0.39, 0.29) is 33.1 Å². The van der Waals surface area contributed by atoms with Crippen molar-refractivity contribution in [1.29, 1.82) is 0 Å². The summed E-state index contributed by atoms with van der Waals surface area (Å²) in [6, 6.07) is 26.8. The average molecular weight is 858 g/mol. The summed E-state index contributed by atoms with van der Waals surface area (Å²) < 4.78 is 103. The van der Waals surface area contributed by atoms with Gasteiger partial charge in [0.25, 0.3) is 30.4 Å². The van der Waals surface area contributed by atoms with Crippen molar-refractivity contribution < 1.29 is 59.3 Å². The van der Waals surface area contributed by atoms with E-state index in [9.17, 15) is 59.3 Å². The number of rotatable bonds is 10. The van der Waals surface area contributed by atoms with Crippen LogP contribution in [0.2, 0.25) is 0 Å². The van der Waals surface area contributed by atoms with Crippen molar-refractivity contribution in [2.24, 2.45) is 20.5 Å². The van der Waals surface area contributed by atoms with Crippen LogP contribution in [0.4, 0.5) is 34.1 Å². The molecule has 7 rings (SSSR count). The van der Waals surface area contributed by atoms with Gasteiger partial charge in [-0.25, -0.2) is 0 Å². The molecule has 0 aliphatic rings. The van der Waals surface area contributed by atoms with E-state index in [0.717, 1.165) is 23.9 Å². The number of hydrogen-bond donors (Lipinski definition) is 8. The molecule has 0 amide bonds. The molecule has 0 saturated heterocycles. The zero-order chi connectivity index (χ0) is 42.4. The Hall–Kier alpha value is -7.01. The number of fused-ring (bicyclic) bond motifs is 2. The maximum atomic E-state index is 12.6. The fraction of sp³-hybridized carbons (Fsp3) is 0. The van der Waals surface area contributed by atoms with E-state index < -0.39 is 84.8 Å². The Balaban J connectivity index is 1.18. The van der Waals surface area contributed by atoms with Crippen LogP contribution >= 0.6 is 0 Å². The quantitative estimate of drug-likeness (QED) is 0.0471. The number of azo groups is 2. The molecule has 21 heteroatoms. The molecule has 0 aromatic heterocycles. The van der Waals surface area contributed by atoms with Gasteiger partial charge in [-0.05, 0) is 88.6 Å². The number of nitrogens with one attached hydrogen (secondary N) is 1. The molecule has 0 aliphatic heterocycles. The predicted octanol–water partition coefficient (Wildman–Crippen LogP) is 8.80. The van der Waals surface area contributed by atoms with Gasteiger partial charge in [0.05, 0.1) is 0 Å². The first-order chi connectivity index (χ1) is 27.8. The zero-order valence-electron chi connectivity index (χ0n) is 29.6. The molecule has 59 heavy (non-hydrogen) atoms. The van der Waals surface area contributed by atoms with Gasteiger partial charge < -0.3 is 25.7 Å². The van der Waals surface area contributed by atoms with Gasteiger partial charge in [-0.1, -0.05) is 48.5 Å². The Bertz CT molecular complexity index is 3270. The third-order valence-electron chi connectivity index (χ3n) is 8.76. The van der Waals surface area contributed by atoms with Crippen LogP contribution in [-0.4, -0.2) is 59.3 Å². The van der Waals surface area contributed by atoms with Crippen molar-refractivity contribution in [3.8, 4) is 34.1 Å². The third kappa shape index (κ3) is 8.22. The number of phenolic OH excluding ortho intramolecular Hbond substituents is 4. The van der Waals surface area contributed by atoms with E-state index in [1.165, 1.54) is 54.6 Å². The van der Waals surface area contributed by atoms with Crippen molar-refractivity contribution in [3.05, 3.63) is 115 Å². The molecule has 0 atom stereocenters. The second kappa shape index (κ2) is 15.1. The largest absolute Gasteiger partial charge is 0.506 e. The van der Waals surface area contributed by atoms with Crippen molar-refractivity contribution in [1.82, 2.24) is 0 Å². The maximum absolute atomic E-state index is 12.6. The van der Waals surface area contributed by atoms with E-state index in [1.807, 2.05) is 30.3 Å². The first kappa shape index (κ1) is 40.2. The molecule has 0 spiro atoms. The highest BCUT2D eigenvalue weighted by Crippen LogP contribution is 2.46. The third-order valence-corrected chi connectivity index (χ3v) is 11.5. The highest BCUT2D eigenvalue weighted by Gasteiger charge is 2.27. The number of benzene rings is 7. The lowest BCUT2D eigenvalue weighted by atomic mass is 10.0. The van der Waals surface area contributed by atoms with Gasteiger partial charge in [-0.15, -0.1) is 20.5 Å². The van der Waals surface area contributed by atoms with Crippen LogP contribution in [0, 0.1) is 0 Å². The van der Waals surface area contributed by atoms with Gasteiger partial charge in [0.1, 0.15) is 54.7 Å². The maximum Gasteiger partial charge on any atom is 0.297 e. The summed E-state index contributed by atoms with van der Waals surface area (Å²) in [4.78, 5) is -2.47. The molecule has 0 aliphatic carbocycles. The first-order valence-electron chi connectivity index (χ1n) is 16.6. The number of para-hydroxylation sites is 1. The molecule has 0 bridgehead atoms. The van der Waals surface area contributed by atoms with Crippen molar-refractivity contribution in [2.75, 3.05) is 5.32 Å². The summed E-state index contributed by atoms with van der Waals surface area (Å²) in [5.74, 6) is -2.73. The molecule has 0 heterocycles. The number of phenols is 4. The monoisotopic (exact) mass is 857 g/mol. The average Bonchev–Trinajstić information content (AvgIpc) is 3.16. The van der Waals surface area contributed by atoms with Gasteiger partial charge >= 0.3 is 0 Å². The molecule has 7 aromatic carbocycles. The van der Waals surface area contributed by atoms with Crippen LogP contribution < -0.4 is 5.32 Å². The van der Waals surface area contributed by atoms with Gasteiger partial charge in [0.15, 0.2) is 5.75 Å². The predicted molar refractivity (Wildman–Crippen MR) is 214 cm³/mol. The normalized spacial score (nSPS) is 12.5. The van der Waals surface area contributed by atoms with Crippen LogP contribution in [0.15, 0.2) is 150 Å². The Morgan fingerprint density at radius 3 is 1.61 bits per heavy atom. The molecule has 18 nitrogen and oxygen atoms in total. The summed E-state index contributed by atoms with van der Waals surface area (Å²) in [7, 11) is -15.0. The van der Waals surface area contributed by atoms with E-state index >= 15 is 0 Å². The van der Waals surface area contributed by atoms with E-state index in [2.05, 4.69) is 25.8 Å². The highest BCUT2D eigenvalue weighted by molar-refractivity contribution is 7.86. The van der Waals surface area contributed by atoms with Gasteiger partial charge in [0, 0.05) is 22.1 Å². The summed E-state index contributed by atoms with van der Waals surface area (Å²) >= 11 is 0. The number of aromatic hydroxyl groups is 4. The molecule has 7 aromatic rings. The zero-order valence-corrected chi connectivity index (χ0v) is 32.0. The fourth-order valence-electron chi connectivity index (χ4n) is 6.13. The van der Waals surface area contributed by atoms with Crippen LogP contribution in [0.5, 0.6) is 23.0 Å². The molecule has 0 radical (unpaired) electrons. The van der Waals surface area contributed by atoms with Crippen molar-refractivity contribution in [2.45, 2.75) is 14.7 Å². The minimum Gasteiger partial charge on any atom is -0.506 e. The molecular weight excluding hydrogens is 831 g/mol. The topological polar surface area (TPSA) is 306 Å². The summed E-state index contributed by atoms with van der Waals surface area (Å²) in [5, 5.41) is 61.3. The minimum atomic E-state index is -5.09. The lowest BCUT2D eigenvalue weighted by Crippen LogP contribution is -2.02. The molecule has 0 unspecified atom stereocenters. The second-order valence-corrected chi connectivity index (χ2v) is 16.8. The number of nitrogens with zero attached hydrogens (tertiary/aromatic N) is 4. The Morgan fingerprint density at radius 2 is 1.05 bits per heavy atom. The summed E-state index contributed by atoms with van der Waals surface area (Å²) in [6.45, 7) is 0. The molecule has 8 N–H and O–H groups in total. The molecule has 0 saturated carbocycles. The summed E-state index contributed by atoms with van der Waals surface area (Å²) in [6.07, 6.45) is 0. The molecule has 300 valence electrons. The van der Waals surface area contributed by atoms with Crippen LogP contribution in [0.25, 0.3) is 32.7 Å². The van der Waals surface area contributed by atoms with Crippen molar-refractivity contribution >= 4 is 86.0 Å². The van der Waals surface area contributed by atoms with Crippen LogP contribution in [0.1, 0.15) is 0 Å². The highest BCUT2D eigenvalue weighted by atomic mass is 32.2. The lowest BCUT2D eigenvalue weighted by molar-refractivity contribution is 0.468. The van der Waals surface area contributed by atoms with Gasteiger partial charge in [-0.2, -0.15) is 25.3 Å². The lowest BCUT2D eigenvalue weighted by Gasteiger charge is -2.12. The first-order valence-corrected chi connectivity index (χ1v) is 20.9. The van der Waals surface area contributed by atoms with E-state index in [1.54, 1.807) is 12.1 Å². The summed E-state index contributed by atoms with van der Waals surface area (Å²) in [5.41, 5.74) is -0.0839. The van der Waals surface area contributed by atoms with Gasteiger partial charge in [-0.3, -0.25) is 13.7 Å². The standard InChI is InChI=1S/C38H27N5O13S3/c44-29-16-20(9-13-27(29)40-42-35-31(46)18-23-15-25(39-24-6-2-1-3-7-24)11-12-26(23)38(35)59(54,55)56)21-10-14-28(30(45)17-21)41-43-36-33(58(51,52)53)19-22-5-4-8-32(57(48,49)50)34(22)37(36)47/h1-19,39,44-47H,(H,48,49,50)(H,51,52,53)(H,54,55,56). The molecular formula is C38H27N5O13S3. The number of hydrogen-bond acceptors (Lipinski definition) is 15. The Kier molecular flexibility index (Phi) is 10.3. The van der Waals surface area contributed by atoms with Crippen LogP contribution in [0.3, 0.4) is 0 Å². The van der Waals surface area contributed by atoms with Crippen LogP contribution in [-0.2, 0) is 30.4 Å². The van der Waals surface area contributed by atoms with E-state index in [4.69, 9.17) is 0 Å². The minimum absolute atomic E-state index is 0.0273. The smallest absolute Gasteiger partial charge is 0.297 e. The van der Waals surface area contributed by atoms with Gasteiger partial charge in [0.2, 0.25) is 0 Å². The second-order valence-electron chi connectivity index (χ2n) is 12.7. The van der Waals surface area contributed by atoms with Crippen molar-refractivity contribution in [3.63, 3.8) is 0 Å².